The predicted molar refractivity (Wildman–Crippen MR) is 63.5 cm³/mol. The molecule has 17 heavy (non-hydrogen) atoms. The minimum atomic E-state index is -0.974. The second-order valence-electron chi connectivity index (χ2n) is 4.43. The van der Waals surface area contributed by atoms with Crippen LogP contribution in [-0.4, -0.2) is 17.6 Å². The number of halogens is 1. The largest absolute Gasteiger partial charge is 0.432 e. The van der Waals surface area contributed by atoms with Gasteiger partial charge in [-0.3, -0.25) is 10.1 Å². The van der Waals surface area contributed by atoms with E-state index in [0.29, 0.717) is 12.8 Å². The van der Waals surface area contributed by atoms with E-state index in [0.717, 1.165) is 16.5 Å². The molecular formula is C12H10BrNO3. The Morgan fingerprint density at radius 2 is 2.12 bits per heavy atom. The van der Waals surface area contributed by atoms with Gasteiger partial charge in [0.05, 0.1) is 0 Å². The highest BCUT2D eigenvalue weighted by Crippen LogP contribution is 2.35. The fourth-order valence-electron chi connectivity index (χ4n) is 2.47. The first kappa shape index (κ1) is 10.8. The Hall–Kier alpha value is -1.36. The van der Waals surface area contributed by atoms with Crippen molar-refractivity contribution >= 4 is 27.9 Å². The second kappa shape index (κ2) is 3.57. The summed E-state index contributed by atoms with van der Waals surface area (Å²) in [5.41, 5.74) is 1.31. The van der Waals surface area contributed by atoms with Crippen molar-refractivity contribution in [2.45, 2.75) is 24.9 Å². The third kappa shape index (κ3) is 1.65. The molecule has 1 aliphatic carbocycles. The molecule has 0 saturated carbocycles. The van der Waals surface area contributed by atoms with E-state index in [1.54, 1.807) is 0 Å². The third-order valence-corrected chi connectivity index (χ3v) is 3.85. The zero-order valence-corrected chi connectivity index (χ0v) is 10.5. The molecule has 88 valence electrons. The Labute approximate surface area is 106 Å². The molecule has 1 spiro atoms. The van der Waals surface area contributed by atoms with Gasteiger partial charge in [0.25, 0.3) is 5.91 Å². The summed E-state index contributed by atoms with van der Waals surface area (Å²) in [5, 5.41) is 2.21. The van der Waals surface area contributed by atoms with Crippen molar-refractivity contribution in [3.8, 4) is 0 Å². The van der Waals surface area contributed by atoms with Crippen molar-refractivity contribution in [3.63, 3.8) is 0 Å². The molecule has 4 nitrogen and oxygen atoms in total. The van der Waals surface area contributed by atoms with Gasteiger partial charge in [0.1, 0.15) is 0 Å². The van der Waals surface area contributed by atoms with Gasteiger partial charge in [-0.05, 0) is 29.7 Å². The molecule has 1 aromatic carbocycles. The normalized spacial score (nSPS) is 26.6. The highest BCUT2D eigenvalue weighted by molar-refractivity contribution is 9.10. The van der Waals surface area contributed by atoms with Crippen LogP contribution in [0.1, 0.15) is 17.5 Å². The molecule has 3 rings (SSSR count). The lowest BCUT2D eigenvalue weighted by molar-refractivity contribution is -0.132. The Balaban J connectivity index is 1.98. The zero-order chi connectivity index (χ0) is 12.0. The van der Waals surface area contributed by atoms with Gasteiger partial charge in [0, 0.05) is 17.3 Å². The van der Waals surface area contributed by atoms with Gasteiger partial charge in [-0.2, -0.15) is 0 Å². The molecule has 0 bridgehead atoms. The first-order valence-corrected chi connectivity index (χ1v) is 6.20. The molecule has 1 atom stereocenters. The van der Waals surface area contributed by atoms with Crippen LogP contribution < -0.4 is 5.32 Å². The maximum Gasteiger partial charge on any atom is 0.415 e. The number of carbonyl (C=O) groups excluding carboxylic acids is 2. The SMILES string of the molecule is O=C1NC(=O)C2(CCc3cc(Br)ccc3C2)O1. The summed E-state index contributed by atoms with van der Waals surface area (Å²) in [6.07, 6.45) is 1.13. The number of imide groups is 1. The van der Waals surface area contributed by atoms with Gasteiger partial charge < -0.3 is 4.74 Å². The van der Waals surface area contributed by atoms with E-state index in [1.807, 2.05) is 12.1 Å². The van der Waals surface area contributed by atoms with Gasteiger partial charge in [-0.25, -0.2) is 4.79 Å². The third-order valence-electron chi connectivity index (χ3n) is 3.36. The number of carbonyl (C=O) groups is 2. The van der Waals surface area contributed by atoms with E-state index in [-0.39, 0.29) is 5.91 Å². The quantitative estimate of drug-likeness (QED) is 0.796. The number of nitrogens with one attached hydrogen (secondary N) is 1. The molecule has 1 N–H and O–H groups in total. The first-order valence-electron chi connectivity index (χ1n) is 5.41. The minimum Gasteiger partial charge on any atom is -0.432 e. The van der Waals surface area contributed by atoms with Crippen molar-refractivity contribution in [2.24, 2.45) is 0 Å². The van der Waals surface area contributed by atoms with Crippen LogP contribution in [-0.2, 0) is 22.4 Å². The number of rotatable bonds is 0. The van der Waals surface area contributed by atoms with E-state index in [9.17, 15) is 9.59 Å². The summed E-state index contributed by atoms with van der Waals surface area (Å²) in [4.78, 5) is 22.9. The highest BCUT2D eigenvalue weighted by Gasteiger charge is 2.50. The lowest BCUT2D eigenvalue weighted by Crippen LogP contribution is -2.44. The van der Waals surface area contributed by atoms with Gasteiger partial charge in [0.15, 0.2) is 5.60 Å². The van der Waals surface area contributed by atoms with E-state index in [1.165, 1.54) is 5.56 Å². The predicted octanol–water partition coefficient (Wildman–Crippen LogP) is 1.94. The summed E-state index contributed by atoms with van der Waals surface area (Å²) in [5.74, 6) is -0.309. The highest BCUT2D eigenvalue weighted by atomic mass is 79.9. The lowest BCUT2D eigenvalue weighted by atomic mass is 9.80. The molecular weight excluding hydrogens is 286 g/mol. The molecule has 0 aromatic heterocycles. The molecule has 1 heterocycles. The van der Waals surface area contributed by atoms with E-state index < -0.39 is 11.7 Å². The number of ether oxygens (including phenoxy) is 1. The van der Waals surface area contributed by atoms with Crippen LogP contribution in [0.4, 0.5) is 4.79 Å². The number of alkyl carbamates (subject to hydrolysis) is 1. The zero-order valence-electron chi connectivity index (χ0n) is 8.96. The molecule has 1 aliphatic heterocycles. The number of hydrogen-bond acceptors (Lipinski definition) is 3. The van der Waals surface area contributed by atoms with E-state index in [2.05, 4.69) is 27.3 Å². The molecule has 2 amide bonds. The molecule has 1 saturated heterocycles. The van der Waals surface area contributed by atoms with Gasteiger partial charge in [0.2, 0.25) is 0 Å². The topological polar surface area (TPSA) is 55.4 Å². The van der Waals surface area contributed by atoms with Gasteiger partial charge in [-0.1, -0.05) is 22.0 Å². The number of amides is 2. The van der Waals surface area contributed by atoms with Crippen LogP contribution in [0.5, 0.6) is 0 Å². The first-order chi connectivity index (χ1) is 8.09. The Kier molecular flexibility index (Phi) is 2.26. The smallest absolute Gasteiger partial charge is 0.415 e. The average molecular weight is 296 g/mol. The van der Waals surface area contributed by atoms with Crippen molar-refractivity contribution < 1.29 is 14.3 Å². The van der Waals surface area contributed by atoms with Crippen LogP contribution in [0, 0.1) is 0 Å². The Morgan fingerprint density at radius 3 is 2.82 bits per heavy atom. The summed E-state index contributed by atoms with van der Waals surface area (Å²) in [6.45, 7) is 0. The Bertz CT molecular complexity index is 528. The fraction of sp³-hybridized carbons (Fsp3) is 0.333. The summed E-state index contributed by atoms with van der Waals surface area (Å²) in [7, 11) is 0. The van der Waals surface area contributed by atoms with Crippen LogP contribution in [0.2, 0.25) is 0 Å². The minimum absolute atomic E-state index is 0.309. The Morgan fingerprint density at radius 1 is 1.29 bits per heavy atom. The molecule has 0 radical (unpaired) electrons. The van der Waals surface area contributed by atoms with Crippen molar-refractivity contribution in [1.82, 2.24) is 5.32 Å². The number of benzene rings is 1. The van der Waals surface area contributed by atoms with E-state index in [4.69, 9.17) is 4.74 Å². The van der Waals surface area contributed by atoms with Crippen molar-refractivity contribution in [2.75, 3.05) is 0 Å². The number of hydrogen-bond donors (Lipinski definition) is 1. The molecule has 1 fully saturated rings. The average Bonchev–Trinajstić information content (AvgIpc) is 2.54. The molecule has 1 unspecified atom stereocenters. The van der Waals surface area contributed by atoms with Crippen LogP contribution in [0.25, 0.3) is 0 Å². The monoisotopic (exact) mass is 295 g/mol. The number of fused-ring (bicyclic) bond motifs is 1. The summed E-state index contributed by atoms with van der Waals surface area (Å²) < 4.78 is 6.21. The second-order valence-corrected chi connectivity index (χ2v) is 5.34. The molecule has 2 aliphatic rings. The van der Waals surface area contributed by atoms with Gasteiger partial charge in [-0.15, -0.1) is 0 Å². The molecule has 5 heteroatoms. The van der Waals surface area contributed by atoms with E-state index >= 15 is 0 Å². The van der Waals surface area contributed by atoms with Crippen molar-refractivity contribution in [3.05, 3.63) is 33.8 Å². The molecule has 1 aromatic rings. The maximum absolute atomic E-state index is 11.8. The maximum atomic E-state index is 11.8. The van der Waals surface area contributed by atoms with Crippen LogP contribution in [0.3, 0.4) is 0 Å². The van der Waals surface area contributed by atoms with Crippen molar-refractivity contribution in [1.29, 1.82) is 0 Å². The van der Waals surface area contributed by atoms with Gasteiger partial charge >= 0.3 is 6.09 Å². The number of aryl methyl sites for hydroxylation is 1. The summed E-state index contributed by atoms with van der Waals surface area (Å²) >= 11 is 3.42. The van der Waals surface area contributed by atoms with Crippen LogP contribution >= 0.6 is 15.9 Å². The lowest BCUT2D eigenvalue weighted by Gasteiger charge is -2.30. The standard InChI is InChI=1S/C12H10BrNO3/c13-9-2-1-8-6-12(4-3-7(8)5-9)10(15)14-11(16)17-12/h1-2,5H,3-4,6H2,(H,14,15,16). The van der Waals surface area contributed by atoms with Crippen LogP contribution in [0.15, 0.2) is 22.7 Å². The fourth-order valence-corrected chi connectivity index (χ4v) is 2.88. The summed E-state index contributed by atoms with van der Waals surface area (Å²) in [6, 6.07) is 5.96.